The summed E-state index contributed by atoms with van der Waals surface area (Å²) >= 11 is 0. The topological polar surface area (TPSA) is 53.0 Å². The minimum absolute atomic E-state index is 0.120. The number of carbonyl (C=O) groups is 1. The van der Waals surface area contributed by atoms with E-state index in [2.05, 4.69) is 31.7 Å². The summed E-state index contributed by atoms with van der Waals surface area (Å²) in [4.78, 5) is 15.8. The Morgan fingerprint density at radius 1 is 1.19 bits per heavy atom. The summed E-state index contributed by atoms with van der Waals surface area (Å²) in [5.74, 6) is 0.325. The van der Waals surface area contributed by atoms with Crippen LogP contribution in [0.2, 0.25) is 0 Å². The van der Waals surface area contributed by atoms with E-state index in [1.54, 1.807) is 17.0 Å². The van der Waals surface area contributed by atoms with Crippen molar-refractivity contribution in [2.75, 3.05) is 31.6 Å². The highest BCUT2D eigenvalue weighted by Crippen LogP contribution is 2.55. The third-order valence-electron chi connectivity index (χ3n) is 7.16. The molecule has 6 heteroatoms. The Labute approximate surface area is 182 Å². The maximum absolute atomic E-state index is 15.2. The van der Waals surface area contributed by atoms with Gasteiger partial charge < -0.3 is 19.6 Å². The van der Waals surface area contributed by atoms with Crippen LogP contribution in [-0.2, 0) is 11.8 Å². The minimum atomic E-state index is -0.856. The number of piperidine rings is 1. The smallest absolute Gasteiger partial charge is 0.407 e. The molecule has 31 heavy (non-hydrogen) atoms. The lowest BCUT2D eigenvalue weighted by Crippen LogP contribution is -2.47. The van der Waals surface area contributed by atoms with Crippen LogP contribution in [0.4, 0.5) is 14.9 Å². The summed E-state index contributed by atoms with van der Waals surface area (Å²) in [6.07, 6.45) is 0.926. The first-order valence-electron chi connectivity index (χ1n) is 11.0. The van der Waals surface area contributed by atoms with Gasteiger partial charge in [-0.25, -0.2) is 9.18 Å². The molecule has 0 saturated carbocycles. The van der Waals surface area contributed by atoms with Crippen LogP contribution in [0.3, 0.4) is 0 Å². The van der Waals surface area contributed by atoms with E-state index < -0.39 is 6.09 Å². The summed E-state index contributed by atoms with van der Waals surface area (Å²) in [7, 11) is 1.54. The molecule has 164 valence electrons. The van der Waals surface area contributed by atoms with Gasteiger partial charge in [0.05, 0.1) is 7.11 Å². The number of amides is 1. The molecule has 2 aromatic rings. The molecule has 3 heterocycles. The highest BCUT2D eigenvalue weighted by Gasteiger charge is 2.48. The Morgan fingerprint density at radius 3 is 2.61 bits per heavy atom. The molecule has 2 atom stereocenters. The largest absolute Gasteiger partial charge is 0.497 e. The molecule has 0 bridgehead atoms. The van der Waals surface area contributed by atoms with Gasteiger partial charge in [-0.1, -0.05) is 20.8 Å². The maximum Gasteiger partial charge on any atom is 0.407 e. The number of hydrogen-bond donors (Lipinski definition) is 1. The predicted molar refractivity (Wildman–Crippen MR) is 119 cm³/mol. The molecule has 0 aliphatic carbocycles. The number of benzene rings is 2. The van der Waals surface area contributed by atoms with E-state index in [9.17, 15) is 9.90 Å². The number of likely N-dealkylation sites (tertiary alicyclic amines) is 1. The van der Waals surface area contributed by atoms with E-state index in [1.165, 1.54) is 30.0 Å². The molecule has 1 saturated heterocycles. The van der Waals surface area contributed by atoms with Crippen molar-refractivity contribution in [3.63, 3.8) is 0 Å². The Morgan fingerprint density at radius 2 is 1.97 bits per heavy atom. The molecule has 5 nitrogen and oxygen atoms in total. The van der Waals surface area contributed by atoms with E-state index >= 15 is 4.39 Å². The third kappa shape index (κ3) is 2.99. The average Bonchev–Trinajstić information content (AvgIpc) is 3.28. The molecular weight excluding hydrogens is 395 g/mol. The van der Waals surface area contributed by atoms with Gasteiger partial charge >= 0.3 is 6.09 Å². The normalized spacial score (nSPS) is 21.8. The molecule has 0 spiro atoms. The number of ether oxygens (including phenoxy) is 1. The zero-order chi connectivity index (χ0) is 22.1. The van der Waals surface area contributed by atoms with E-state index in [0.717, 1.165) is 30.5 Å². The van der Waals surface area contributed by atoms with Crippen LogP contribution >= 0.6 is 0 Å². The van der Waals surface area contributed by atoms with Gasteiger partial charge in [-0.3, -0.25) is 0 Å². The van der Waals surface area contributed by atoms with Crippen LogP contribution in [0.5, 0.6) is 5.75 Å². The second-order valence-electron chi connectivity index (χ2n) is 9.95. The molecule has 1 N–H and O–H groups in total. The fourth-order valence-corrected chi connectivity index (χ4v) is 5.96. The Hall–Kier alpha value is -2.76. The quantitative estimate of drug-likeness (QED) is 0.736. The van der Waals surface area contributed by atoms with Crippen molar-refractivity contribution in [3.8, 4) is 16.9 Å². The van der Waals surface area contributed by atoms with E-state index in [1.807, 2.05) is 0 Å². The van der Waals surface area contributed by atoms with E-state index in [-0.39, 0.29) is 17.2 Å². The number of methoxy groups -OCH3 is 1. The van der Waals surface area contributed by atoms with Gasteiger partial charge in [-0.05, 0) is 58.7 Å². The maximum atomic E-state index is 15.2. The number of halogens is 1. The first kappa shape index (κ1) is 20.2. The summed E-state index contributed by atoms with van der Waals surface area (Å²) in [6, 6.07) is 7.55. The van der Waals surface area contributed by atoms with Crippen LogP contribution in [-0.4, -0.2) is 48.9 Å². The Bertz CT molecular complexity index is 1080. The summed E-state index contributed by atoms with van der Waals surface area (Å²) in [5.41, 5.74) is 6.20. The summed E-state index contributed by atoms with van der Waals surface area (Å²) < 4.78 is 20.4. The van der Waals surface area contributed by atoms with Crippen LogP contribution in [0.25, 0.3) is 11.1 Å². The van der Waals surface area contributed by atoms with Crippen molar-refractivity contribution >= 4 is 11.8 Å². The third-order valence-corrected chi connectivity index (χ3v) is 7.16. The van der Waals surface area contributed by atoms with Gasteiger partial charge in [0.1, 0.15) is 11.6 Å². The predicted octanol–water partition coefficient (Wildman–Crippen LogP) is 5.01. The number of hydrogen-bond acceptors (Lipinski definition) is 3. The number of carboxylic acid groups (broad SMARTS) is 1. The highest BCUT2D eigenvalue weighted by molar-refractivity contribution is 5.83. The van der Waals surface area contributed by atoms with Crippen LogP contribution < -0.4 is 9.64 Å². The van der Waals surface area contributed by atoms with Crippen molar-refractivity contribution in [2.24, 2.45) is 0 Å². The van der Waals surface area contributed by atoms with Crippen molar-refractivity contribution in [1.82, 2.24) is 4.90 Å². The summed E-state index contributed by atoms with van der Waals surface area (Å²) in [5, 5.41) is 9.64. The van der Waals surface area contributed by atoms with E-state index in [0.29, 0.717) is 30.4 Å². The SMILES string of the molecule is COc1ccc(-c2cc3c4c(c2C(C)(C)C)[C@@H]2CN(C(=O)O)CC[C@@H]2N4CC3)c(F)c1. The lowest BCUT2D eigenvalue weighted by atomic mass is 9.73. The van der Waals surface area contributed by atoms with Gasteiger partial charge in [-0.2, -0.15) is 0 Å². The van der Waals surface area contributed by atoms with Crippen molar-refractivity contribution in [2.45, 2.75) is 51.0 Å². The molecule has 3 aliphatic heterocycles. The van der Waals surface area contributed by atoms with Crippen LogP contribution in [0.15, 0.2) is 24.3 Å². The zero-order valence-corrected chi connectivity index (χ0v) is 18.5. The second-order valence-corrected chi connectivity index (χ2v) is 9.95. The van der Waals surface area contributed by atoms with Crippen molar-refractivity contribution in [1.29, 1.82) is 0 Å². The van der Waals surface area contributed by atoms with E-state index in [4.69, 9.17) is 4.74 Å². The Kier molecular flexibility index (Phi) is 4.47. The van der Waals surface area contributed by atoms with Crippen molar-refractivity contribution in [3.05, 3.63) is 46.8 Å². The zero-order valence-electron chi connectivity index (χ0n) is 18.5. The molecule has 0 aromatic heterocycles. The lowest BCUT2D eigenvalue weighted by molar-refractivity contribution is 0.127. The molecule has 0 unspecified atom stereocenters. The first-order valence-corrected chi connectivity index (χ1v) is 11.0. The average molecular weight is 425 g/mol. The molecule has 3 aliphatic rings. The monoisotopic (exact) mass is 424 g/mol. The fraction of sp³-hybridized carbons (Fsp3) is 0.480. The number of rotatable bonds is 2. The number of anilines is 1. The fourth-order valence-electron chi connectivity index (χ4n) is 5.96. The van der Waals surface area contributed by atoms with Gasteiger partial charge in [0, 0.05) is 48.9 Å². The molecule has 0 radical (unpaired) electrons. The molecule has 5 rings (SSSR count). The Balaban J connectivity index is 1.75. The molecular formula is C25H29FN2O3. The minimum Gasteiger partial charge on any atom is -0.497 e. The van der Waals surface area contributed by atoms with Gasteiger partial charge in [0.15, 0.2) is 0 Å². The summed E-state index contributed by atoms with van der Waals surface area (Å²) in [6.45, 7) is 8.53. The number of fused-ring (bicyclic) bond motifs is 3. The van der Waals surface area contributed by atoms with Crippen LogP contribution in [0, 0.1) is 5.82 Å². The number of nitrogens with zero attached hydrogens (tertiary/aromatic N) is 2. The van der Waals surface area contributed by atoms with Gasteiger partial charge in [0.25, 0.3) is 0 Å². The molecule has 2 aromatic carbocycles. The second kappa shape index (κ2) is 6.87. The standard InChI is InChI=1S/C25H29FN2O3/c1-25(2,3)22-17(16-6-5-15(31-4)12-19(16)26)11-14-7-10-28-20-8-9-27(24(29)30)13-18(20)21(22)23(14)28/h5-6,11-12,18,20H,7-10,13H2,1-4H3,(H,29,30)/t18-,20+/m1/s1. The van der Waals surface area contributed by atoms with Gasteiger partial charge in [-0.15, -0.1) is 0 Å². The highest BCUT2D eigenvalue weighted by atomic mass is 19.1. The first-order chi connectivity index (χ1) is 14.7. The molecule has 1 fully saturated rings. The van der Waals surface area contributed by atoms with Crippen LogP contribution in [0.1, 0.15) is 49.8 Å². The van der Waals surface area contributed by atoms with Crippen molar-refractivity contribution < 1.29 is 19.0 Å². The molecule has 1 amide bonds. The van der Waals surface area contributed by atoms with Gasteiger partial charge in [0.2, 0.25) is 0 Å². The lowest BCUT2D eigenvalue weighted by Gasteiger charge is -2.38.